The van der Waals surface area contributed by atoms with Gasteiger partial charge in [-0.25, -0.2) is 0 Å². The summed E-state index contributed by atoms with van der Waals surface area (Å²) in [7, 11) is 0. The van der Waals surface area contributed by atoms with E-state index < -0.39 is 0 Å². The lowest BCUT2D eigenvalue weighted by atomic mass is 9.93. The number of aryl methyl sites for hydroxylation is 2. The number of hydrogen-bond acceptors (Lipinski definition) is 0. The number of hydrogen-bond donors (Lipinski definition) is 0. The average molecular weight is 208 g/mol. The van der Waals surface area contributed by atoms with E-state index in [-0.39, 0.29) is 0 Å². The van der Waals surface area contributed by atoms with E-state index in [9.17, 15) is 0 Å². The molecule has 0 heteroatoms. The predicted octanol–water partition coefficient (Wildman–Crippen LogP) is 4.18. The van der Waals surface area contributed by atoms with Gasteiger partial charge in [0.1, 0.15) is 0 Å². The highest BCUT2D eigenvalue weighted by molar-refractivity contribution is 5.81. The van der Waals surface area contributed by atoms with Crippen molar-refractivity contribution in [1.29, 1.82) is 0 Å². The van der Waals surface area contributed by atoms with Gasteiger partial charge in [0, 0.05) is 0 Å². The molecule has 0 amide bonds. The van der Waals surface area contributed by atoms with Crippen LogP contribution in [-0.2, 0) is 6.42 Å². The highest BCUT2D eigenvalue weighted by Crippen LogP contribution is 2.41. The first-order chi connectivity index (χ1) is 7.68. The molecule has 0 N–H and O–H groups in total. The fourth-order valence-corrected chi connectivity index (χ4v) is 2.84. The third-order valence-corrected chi connectivity index (χ3v) is 3.83. The summed E-state index contributed by atoms with van der Waals surface area (Å²) >= 11 is 0. The van der Waals surface area contributed by atoms with Gasteiger partial charge in [0.05, 0.1) is 0 Å². The van der Waals surface area contributed by atoms with Gasteiger partial charge in [0.25, 0.3) is 0 Å². The second kappa shape index (κ2) is 3.21. The Morgan fingerprint density at radius 3 is 2.50 bits per heavy atom. The van der Waals surface area contributed by atoms with Crippen LogP contribution < -0.4 is 0 Å². The van der Waals surface area contributed by atoms with Gasteiger partial charge >= 0.3 is 0 Å². The van der Waals surface area contributed by atoms with Crippen LogP contribution in [0, 0.1) is 20.8 Å². The molecule has 0 unspecified atom stereocenters. The molecule has 3 rings (SSSR count). The van der Waals surface area contributed by atoms with Crippen LogP contribution in [0.4, 0.5) is 0 Å². The van der Waals surface area contributed by atoms with Crippen LogP contribution in [0.15, 0.2) is 30.3 Å². The van der Waals surface area contributed by atoms with Crippen LogP contribution in [0.3, 0.4) is 0 Å². The largest absolute Gasteiger partial charge is 0.0619 e. The van der Waals surface area contributed by atoms with E-state index >= 15 is 0 Å². The lowest BCUT2D eigenvalue weighted by Crippen LogP contribution is -1.92. The first-order valence-corrected chi connectivity index (χ1v) is 5.86. The Morgan fingerprint density at radius 1 is 0.938 bits per heavy atom. The minimum absolute atomic E-state index is 1.11. The third kappa shape index (κ3) is 1.16. The Labute approximate surface area is 96.9 Å². The van der Waals surface area contributed by atoms with Crippen molar-refractivity contribution in [3.05, 3.63) is 58.1 Å². The summed E-state index contributed by atoms with van der Waals surface area (Å²) in [6, 6.07) is 11.1. The van der Waals surface area contributed by atoms with E-state index in [1.54, 1.807) is 0 Å². The molecule has 0 aromatic heterocycles. The molecule has 0 atom stereocenters. The standard InChI is InChI=1S/C16H16/c1-10-8-11(2)15-9-13-6-4-5-7-14(13)16(15)12(10)3/h4-8H,9H2,1-3H3. The van der Waals surface area contributed by atoms with Crippen molar-refractivity contribution < 1.29 is 0 Å². The van der Waals surface area contributed by atoms with Gasteiger partial charge in [-0.2, -0.15) is 0 Å². The van der Waals surface area contributed by atoms with Gasteiger partial charge in [-0.05, 0) is 66.1 Å². The Hall–Kier alpha value is -1.56. The van der Waals surface area contributed by atoms with Crippen LogP contribution >= 0.6 is 0 Å². The van der Waals surface area contributed by atoms with Crippen LogP contribution in [-0.4, -0.2) is 0 Å². The first kappa shape index (κ1) is 9.65. The zero-order valence-corrected chi connectivity index (χ0v) is 10.1. The maximum Gasteiger partial charge on any atom is -0.00107 e. The smallest absolute Gasteiger partial charge is 0.00107 e. The van der Waals surface area contributed by atoms with Gasteiger partial charge in [-0.3, -0.25) is 0 Å². The van der Waals surface area contributed by atoms with Gasteiger partial charge in [-0.15, -0.1) is 0 Å². The molecule has 0 bridgehead atoms. The summed E-state index contributed by atoms with van der Waals surface area (Å²) in [5.74, 6) is 0. The van der Waals surface area contributed by atoms with Crippen LogP contribution in [0.2, 0.25) is 0 Å². The average Bonchev–Trinajstić information content (AvgIpc) is 2.66. The summed E-state index contributed by atoms with van der Waals surface area (Å²) in [6.07, 6.45) is 1.11. The molecular weight excluding hydrogens is 192 g/mol. The van der Waals surface area contributed by atoms with E-state index in [1.165, 1.54) is 38.9 Å². The van der Waals surface area contributed by atoms with Crippen molar-refractivity contribution in [2.75, 3.05) is 0 Å². The summed E-state index contributed by atoms with van der Waals surface area (Å²) in [6.45, 7) is 6.69. The van der Waals surface area contributed by atoms with Crippen LogP contribution in [0.5, 0.6) is 0 Å². The van der Waals surface area contributed by atoms with E-state index in [0.29, 0.717) is 0 Å². The summed E-state index contributed by atoms with van der Waals surface area (Å²) in [5, 5.41) is 0. The number of rotatable bonds is 0. The molecule has 0 fully saturated rings. The Balaban J connectivity index is 2.39. The Bertz CT molecular complexity index is 577. The quantitative estimate of drug-likeness (QED) is 0.520. The molecule has 1 aliphatic rings. The third-order valence-electron chi connectivity index (χ3n) is 3.83. The van der Waals surface area contributed by atoms with E-state index in [0.717, 1.165) is 6.42 Å². The maximum absolute atomic E-state index is 2.32. The van der Waals surface area contributed by atoms with Crippen molar-refractivity contribution in [1.82, 2.24) is 0 Å². The second-order valence-electron chi connectivity index (χ2n) is 4.82. The fraction of sp³-hybridized carbons (Fsp3) is 0.250. The number of benzene rings is 2. The van der Waals surface area contributed by atoms with E-state index in [1.807, 2.05) is 0 Å². The topological polar surface area (TPSA) is 0 Å². The van der Waals surface area contributed by atoms with Crippen molar-refractivity contribution in [2.24, 2.45) is 0 Å². The first-order valence-electron chi connectivity index (χ1n) is 5.86. The summed E-state index contributed by atoms with van der Waals surface area (Å²) in [4.78, 5) is 0. The minimum Gasteiger partial charge on any atom is -0.0619 e. The van der Waals surface area contributed by atoms with Crippen LogP contribution in [0.1, 0.15) is 27.8 Å². The molecular formula is C16H16. The molecule has 0 aliphatic heterocycles. The normalized spacial score (nSPS) is 12.4. The van der Waals surface area contributed by atoms with Gasteiger partial charge in [-0.1, -0.05) is 30.3 Å². The van der Waals surface area contributed by atoms with Crippen molar-refractivity contribution in [3.8, 4) is 11.1 Å². The molecule has 2 aromatic carbocycles. The molecule has 0 spiro atoms. The van der Waals surface area contributed by atoms with Gasteiger partial charge in [0.15, 0.2) is 0 Å². The van der Waals surface area contributed by atoms with Crippen molar-refractivity contribution in [2.45, 2.75) is 27.2 Å². The molecule has 0 nitrogen and oxygen atoms in total. The van der Waals surface area contributed by atoms with Gasteiger partial charge in [0.2, 0.25) is 0 Å². The van der Waals surface area contributed by atoms with Crippen LogP contribution in [0.25, 0.3) is 11.1 Å². The van der Waals surface area contributed by atoms with Crippen molar-refractivity contribution in [3.63, 3.8) is 0 Å². The number of fused-ring (bicyclic) bond motifs is 3. The zero-order valence-electron chi connectivity index (χ0n) is 10.1. The van der Waals surface area contributed by atoms with E-state index in [2.05, 4.69) is 51.1 Å². The predicted molar refractivity (Wildman–Crippen MR) is 68.9 cm³/mol. The van der Waals surface area contributed by atoms with E-state index in [4.69, 9.17) is 0 Å². The molecule has 0 radical (unpaired) electrons. The molecule has 0 heterocycles. The lowest BCUT2D eigenvalue weighted by molar-refractivity contribution is 1.19. The molecule has 1 aliphatic carbocycles. The Morgan fingerprint density at radius 2 is 1.69 bits per heavy atom. The van der Waals surface area contributed by atoms with Gasteiger partial charge < -0.3 is 0 Å². The molecule has 80 valence electrons. The second-order valence-corrected chi connectivity index (χ2v) is 4.82. The highest BCUT2D eigenvalue weighted by Gasteiger charge is 2.22. The summed E-state index contributed by atoms with van der Waals surface area (Å²) < 4.78 is 0. The summed E-state index contributed by atoms with van der Waals surface area (Å²) in [5.41, 5.74) is 10.3. The lowest BCUT2D eigenvalue weighted by Gasteiger charge is -2.11. The molecule has 0 saturated heterocycles. The zero-order chi connectivity index (χ0) is 11.3. The Kier molecular flexibility index (Phi) is 1.94. The van der Waals surface area contributed by atoms with Crippen molar-refractivity contribution >= 4 is 0 Å². The monoisotopic (exact) mass is 208 g/mol. The highest BCUT2D eigenvalue weighted by atomic mass is 14.3. The molecule has 16 heavy (non-hydrogen) atoms. The maximum atomic E-state index is 2.32. The SMILES string of the molecule is Cc1cc(C)c2c(c1C)-c1ccccc1C2. The molecule has 0 saturated carbocycles. The minimum atomic E-state index is 1.11. The fourth-order valence-electron chi connectivity index (χ4n) is 2.84. The molecule has 2 aromatic rings.